The molecule has 1 aliphatic rings. The lowest BCUT2D eigenvalue weighted by atomic mass is 10.0. The Hall–Kier alpha value is -5.55. The fourth-order valence-electron chi connectivity index (χ4n) is 5.96. The first kappa shape index (κ1) is 35.7. The number of ether oxygens (including phenoxy) is 3. The lowest BCUT2D eigenvalue weighted by Crippen LogP contribution is -2.35. The predicted octanol–water partition coefficient (Wildman–Crippen LogP) is 4.21. The number of allylic oxidation sites excluding steroid dienone is 2. The molecule has 5 rings (SSSR count). The fraction of sp³-hybridized carbons (Fsp3) is 0.263. The van der Waals surface area contributed by atoms with Gasteiger partial charge in [0.2, 0.25) is 11.8 Å². The summed E-state index contributed by atoms with van der Waals surface area (Å²) < 4.78 is 17.5. The van der Waals surface area contributed by atoms with Gasteiger partial charge in [-0.1, -0.05) is 23.3 Å². The predicted molar refractivity (Wildman–Crippen MR) is 190 cm³/mol. The van der Waals surface area contributed by atoms with Crippen LogP contribution in [-0.4, -0.2) is 60.7 Å². The van der Waals surface area contributed by atoms with Gasteiger partial charge < -0.3 is 30.0 Å². The van der Waals surface area contributed by atoms with Gasteiger partial charge in [-0.25, -0.2) is 4.79 Å². The van der Waals surface area contributed by atoms with E-state index in [1.54, 1.807) is 74.1 Å². The van der Waals surface area contributed by atoms with Crippen LogP contribution in [0.5, 0.6) is 17.2 Å². The number of amides is 2. The van der Waals surface area contributed by atoms with E-state index in [0.717, 1.165) is 11.0 Å². The highest BCUT2D eigenvalue weighted by atomic mass is 35.5. The molecule has 1 aliphatic heterocycles. The number of rotatable bonds is 12. The summed E-state index contributed by atoms with van der Waals surface area (Å²) in [5.41, 5.74) is 4.07. The van der Waals surface area contributed by atoms with E-state index >= 15 is 0 Å². The summed E-state index contributed by atoms with van der Waals surface area (Å²) in [4.78, 5) is 51.2. The number of nitrogens with zero attached hydrogens (tertiary/aromatic N) is 1. The number of carbonyl (C=O) groups excluding carboxylic acids is 4. The third kappa shape index (κ3) is 7.37. The van der Waals surface area contributed by atoms with Crippen molar-refractivity contribution < 1.29 is 38.5 Å². The Labute approximate surface area is 293 Å². The largest absolute Gasteiger partial charge is 0.506 e. The molecular formula is C38H38ClN3O8. The van der Waals surface area contributed by atoms with Crippen molar-refractivity contribution in [3.63, 3.8) is 0 Å². The quantitative estimate of drug-likeness (QED) is 0.147. The molecule has 0 saturated carbocycles. The van der Waals surface area contributed by atoms with E-state index in [2.05, 4.69) is 10.6 Å². The molecule has 0 atom stereocenters. The van der Waals surface area contributed by atoms with Gasteiger partial charge in [0.25, 0.3) is 5.91 Å². The average Bonchev–Trinajstić information content (AvgIpc) is 3.63. The fourth-order valence-corrected chi connectivity index (χ4v) is 6.08. The van der Waals surface area contributed by atoms with Gasteiger partial charge in [-0.05, 0) is 81.3 Å². The van der Waals surface area contributed by atoms with Crippen LogP contribution in [0.2, 0.25) is 5.02 Å². The van der Waals surface area contributed by atoms with Crippen LogP contribution in [0.25, 0.3) is 23.2 Å². The van der Waals surface area contributed by atoms with E-state index in [1.165, 1.54) is 13.4 Å². The number of phenols is 1. The first-order valence-corrected chi connectivity index (χ1v) is 16.3. The van der Waals surface area contributed by atoms with Gasteiger partial charge in [0, 0.05) is 52.0 Å². The molecule has 0 radical (unpaired) electrons. The monoisotopic (exact) mass is 699 g/mol. The molecule has 0 bridgehead atoms. The van der Waals surface area contributed by atoms with Gasteiger partial charge >= 0.3 is 5.97 Å². The van der Waals surface area contributed by atoms with Gasteiger partial charge in [-0.3, -0.25) is 19.0 Å². The molecule has 2 amide bonds. The summed E-state index contributed by atoms with van der Waals surface area (Å²) in [6.07, 6.45) is 5.39. The minimum Gasteiger partial charge on any atom is -0.506 e. The number of cyclic esters (lactones) is 1. The van der Waals surface area contributed by atoms with Gasteiger partial charge in [0.05, 0.1) is 31.4 Å². The van der Waals surface area contributed by atoms with Crippen molar-refractivity contribution in [3.8, 4) is 17.2 Å². The normalized spacial score (nSPS) is 12.7. The van der Waals surface area contributed by atoms with Gasteiger partial charge in [0.15, 0.2) is 0 Å². The molecule has 50 heavy (non-hydrogen) atoms. The van der Waals surface area contributed by atoms with Crippen LogP contribution in [0.3, 0.4) is 0 Å². The summed E-state index contributed by atoms with van der Waals surface area (Å²) >= 11 is 6.02. The van der Waals surface area contributed by atoms with E-state index in [1.807, 2.05) is 13.0 Å². The molecule has 12 heteroatoms. The number of fused-ring (bicyclic) bond motifs is 2. The number of halogens is 1. The zero-order chi connectivity index (χ0) is 36.1. The maximum atomic E-state index is 13.5. The molecule has 2 heterocycles. The van der Waals surface area contributed by atoms with E-state index < -0.39 is 5.97 Å². The molecule has 3 aromatic carbocycles. The van der Waals surface area contributed by atoms with Crippen LogP contribution in [0.15, 0.2) is 54.1 Å². The zero-order valence-corrected chi connectivity index (χ0v) is 29.2. The summed E-state index contributed by atoms with van der Waals surface area (Å²) in [6.45, 7) is 5.88. The Kier molecular flexibility index (Phi) is 11.0. The first-order chi connectivity index (χ1) is 23.9. The minimum atomic E-state index is -0.628. The van der Waals surface area contributed by atoms with Crippen LogP contribution in [-0.2, 0) is 20.7 Å². The van der Waals surface area contributed by atoms with E-state index in [-0.39, 0.29) is 55.0 Å². The number of methoxy groups -OCH3 is 2. The van der Waals surface area contributed by atoms with E-state index in [4.69, 9.17) is 25.8 Å². The van der Waals surface area contributed by atoms with Crippen LogP contribution < -0.4 is 30.5 Å². The Morgan fingerprint density at radius 3 is 2.36 bits per heavy atom. The van der Waals surface area contributed by atoms with Crippen LogP contribution in [0.4, 0.5) is 0 Å². The van der Waals surface area contributed by atoms with E-state index in [9.17, 15) is 24.3 Å². The molecular weight excluding hydrogens is 662 g/mol. The number of hydrogen-bond acceptors (Lipinski definition) is 8. The second-order valence-electron chi connectivity index (χ2n) is 11.9. The maximum Gasteiger partial charge on any atom is 0.347 e. The number of aromatic hydroxyl groups is 1. The molecule has 260 valence electrons. The van der Waals surface area contributed by atoms with Crippen molar-refractivity contribution in [1.29, 1.82) is 0 Å². The Morgan fingerprint density at radius 2 is 1.68 bits per heavy atom. The van der Waals surface area contributed by atoms with Crippen molar-refractivity contribution in [2.24, 2.45) is 0 Å². The molecule has 4 aromatic rings. The molecule has 0 saturated heterocycles. The van der Waals surface area contributed by atoms with Crippen LogP contribution in [0.1, 0.15) is 57.3 Å². The third-order valence-corrected chi connectivity index (χ3v) is 8.92. The molecule has 1 aromatic heterocycles. The molecule has 3 N–H and O–H groups in total. The van der Waals surface area contributed by atoms with Crippen molar-refractivity contribution >= 4 is 58.5 Å². The number of esters is 1. The van der Waals surface area contributed by atoms with E-state index in [0.29, 0.717) is 61.3 Å². The van der Waals surface area contributed by atoms with Crippen LogP contribution >= 0.6 is 11.6 Å². The first-order valence-electron chi connectivity index (χ1n) is 15.9. The number of phenolic OH excluding ortho intramolecular Hbond substituents is 1. The van der Waals surface area contributed by atoms with Gasteiger partial charge in [-0.15, -0.1) is 0 Å². The van der Waals surface area contributed by atoms with Crippen molar-refractivity contribution in [1.82, 2.24) is 15.2 Å². The maximum absolute atomic E-state index is 13.5. The summed E-state index contributed by atoms with van der Waals surface area (Å²) in [5, 5.41) is 18.5. The smallest absolute Gasteiger partial charge is 0.347 e. The number of benzene rings is 3. The molecule has 0 aliphatic carbocycles. The average molecular weight is 700 g/mol. The van der Waals surface area contributed by atoms with Gasteiger partial charge in [0.1, 0.15) is 29.1 Å². The lowest BCUT2D eigenvalue weighted by molar-refractivity contribution is -0.122. The summed E-state index contributed by atoms with van der Waals surface area (Å²) in [6, 6.07) is 12.0. The second kappa shape index (κ2) is 15.3. The van der Waals surface area contributed by atoms with Crippen molar-refractivity contribution in [3.05, 3.63) is 97.5 Å². The summed E-state index contributed by atoms with van der Waals surface area (Å²) in [5.74, 6) is -0.522. The minimum absolute atomic E-state index is 0.0222. The second-order valence-corrected chi connectivity index (χ2v) is 12.3. The molecule has 0 unspecified atom stereocenters. The lowest BCUT2D eigenvalue weighted by Gasteiger charge is -2.09. The SMILES string of the molecule is COc1ccc2c(c1)c(CC(=O)NCCNC(=O)CC/C(C)=C/C=c1/c(O)c3c(c(C)c1OC)=COC3=O)c(C)n2C(=O)c1ccc(Cl)cc1. The van der Waals surface area contributed by atoms with Crippen LogP contribution in [0, 0.1) is 13.8 Å². The number of nitrogens with one attached hydrogen (secondary N) is 2. The van der Waals surface area contributed by atoms with Crippen molar-refractivity contribution in [2.45, 2.75) is 40.0 Å². The Morgan fingerprint density at radius 1 is 0.980 bits per heavy atom. The molecule has 0 spiro atoms. The number of carbonyl (C=O) groups is 4. The standard InChI is InChI=1S/C38H38ClN3O8/c1-21(6-13-27-35(45)34-30(20-50-38(34)47)22(2)36(27)49-5)7-15-32(43)40-16-17-41-33(44)19-28-23(3)42(31-14-12-26(48-4)18-29(28)31)37(46)24-8-10-25(39)11-9-24/h6,8-14,18,20,45H,7,15-17,19H2,1-5H3,(H,40,43)(H,41,44)/b21-6+,27-13-. The van der Waals surface area contributed by atoms with Crippen molar-refractivity contribution in [2.75, 3.05) is 27.3 Å². The highest BCUT2D eigenvalue weighted by Crippen LogP contribution is 2.31. The number of hydrogen-bond donors (Lipinski definition) is 3. The Bertz CT molecular complexity index is 2170. The Balaban J connectivity index is 1.17. The topological polar surface area (TPSA) is 145 Å². The molecule has 11 nitrogen and oxygen atoms in total. The zero-order valence-electron chi connectivity index (χ0n) is 28.4. The summed E-state index contributed by atoms with van der Waals surface area (Å²) in [7, 11) is 3.04. The number of aromatic nitrogens is 1. The van der Waals surface area contributed by atoms with Gasteiger partial charge in [-0.2, -0.15) is 0 Å². The third-order valence-electron chi connectivity index (χ3n) is 8.67. The highest BCUT2D eigenvalue weighted by molar-refractivity contribution is 6.30. The molecule has 0 fully saturated rings. The highest BCUT2D eigenvalue weighted by Gasteiger charge is 2.25.